The van der Waals surface area contributed by atoms with Crippen molar-refractivity contribution in [3.05, 3.63) is 288 Å². The number of hydrogen-bond acceptors (Lipinski definition) is 12. The van der Waals surface area contributed by atoms with Crippen molar-refractivity contribution in [2.24, 2.45) is 0 Å². The second-order valence-electron chi connectivity index (χ2n) is 26.6. The van der Waals surface area contributed by atoms with Crippen molar-refractivity contribution in [2.45, 2.75) is 0 Å². The molecule has 4 aliphatic rings. The summed E-state index contributed by atoms with van der Waals surface area (Å²) in [4.78, 5) is 42.7. The Morgan fingerprint density at radius 3 is 0.365 bits per heavy atom. The fraction of sp³-hybridized carbons (Fsp3) is 0.0833. The minimum absolute atomic E-state index is 0. The van der Waals surface area contributed by atoms with E-state index in [1.165, 1.54) is 0 Å². The zero-order chi connectivity index (χ0) is 76.3. The average Bonchev–Trinajstić information content (AvgIpc) is 1.62. The molecule has 19 heteroatoms. The number of aromatic nitrogens is 8. The second-order valence-corrected chi connectivity index (χ2v) is 26.6. The number of nitrogens with zero attached hydrogens (tertiary/aromatic N) is 8. The molecule has 0 radical (unpaired) electrons. The maximum absolute atomic E-state index is 5.52. The molecule has 4 aliphatic heterocycles. The summed E-state index contributed by atoms with van der Waals surface area (Å²) in [6.45, 7) is 0. The van der Waals surface area contributed by atoms with Gasteiger partial charge in [0.15, 0.2) is 0 Å². The molecule has 0 saturated carbocycles. The molecule has 16 bridgehead atoms. The van der Waals surface area contributed by atoms with E-state index in [9.17, 15) is 0 Å². The Morgan fingerprint density at radius 1 is 0.165 bits per heavy atom. The van der Waals surface area contributed by atoms with Crippen LogP contribution in [0.5, 0.6) is 46.0 Å². The van der Waals surface area contributed by atoms with Gasteiger partial charge in [-0.2, -0.15) is 0 Å². The molecule has 8 aromatic carbocycles. The Hall–Kier alpha value is -13.6. The van der Waals surface area contributed by atoms with E-state index in [4.69, 9.17) is 77.8 Å². The minimum Gasteiger partial charge on any atom is -2.00 e. The molecular formula is C96H72Mn2N8O9. The summed E-state index contributed by atoms with van der Waals surface area (Å²) in [5.74, 6) is 6.13. The molecule has 10 heterocycles. The van der Waals surface area contributed by atoms with Crippen molar-refractivity contribution in [2.75, 3.05) is 56.9 Å². The number of fused-ring (bicyclic) bond motifs is 16. The number of hydrogen-bond donors (Lipinski definition) is 0. The predicted octanol–water partition coefficient (Wildman–Crippen LogP) is 21.1. The minimum atomic E-state index is 0. The normalized spacial score (nSPS) is 11.5. The Bertz CT molecular complexity index is 5280. The molecule has 17 nitrogen and oxygen atoms in total. The molecular weight excluding hydrogens is 1520 g/mol. The van der Waals surface area contributed by atoms with Gasteiger partial charge in [0.05, 0.1) is 102 Å². The van der Waals surface area contributed by atoms with Gasteiger partial charge in [-0.1, -0.05) is 146 Å². The van der Waals surface area contributed by atoms with Crippen molar-refractivity contribution in [3.8, 4) is 135 Å². The van der Waals surface area contributed by atoms with E-state index in [1.54, 1.807) is 56.9 Å². The van der Waals surface area contributed by atoms with Crippen LogP contribution in [0.2, 0.25) is 0 Å². The molecule has 0 aliphatic carbocycles. The van der Waals surface area contributed by atoms with Crippen molar-refractivity contribution in [1.82, 2.24) is 39.9 Å². The van der Waals surface area contributed by atoms with E-state index < -0.39 is 0 Å². The zero-order valence-electron chi connectivity index (χ0n) is 63.7. The van der Waals surface area contributed by atoms with Gasteiger partial charge >= 0.3 is 34.1 Å². The van der Waals surface area contributed by atoms with Crippen LogP contribution in [0.15, 0.2) is 243 Å². The second kappa shape index (κ2) is 34.1. The zero-order valence-corrected chi connectivity index (χ0v) is 66.1. The van der Waals surface area contributed by atoms with E-state index in [0.29, 0.717) is 0 Å². The fourth-order valence-corrected chi connectivity index (χ4v) is 14.6. The number of rotatable bonds is 16. The maximum atomic E-state index is 5.52. The van der Waals surface area contributed by atoms with Crippen LogP contribution >= 0.6 is 0 Å². The van der Waals surface area contributed by atoms with Crippen LogP contribution in [0.25, 0.3) is 182 Å². The van der Waals surface area contributed by atoms with E-state index in [1.807, 2.05) is 194 Å². The molecule has 0 unspecified atom stereocenters. The van der Waals surface area contributed by atoms with E-state index in [-0.39, 0.29) is 39.6 Å². The molecule has 0 atom stereocenters. The van der Waals surface area contributed by atoms with Gasteiger partial charge in [0.1, 0.15) is 46.0 Å². The van der Waals surface area contributed by atoms with Gasteiger partial charge < -0.3 is 63.3 Å². The Kier molecular flexibility index (Phi) is 23.2. The van der Waals surface area contributed by atoms with Crippen molar-refractivity contribution >= 4 is 92.7 Å². The molecule has 18 rings (SSSR count). The Morgan fingerprint density at radius 2 is 0.270 bits per heavy atom. The Labute approximate surface area is 685 Å². The monoisotopic (exact) mass is 1590 g/mol. The standard InChI is InChI=1S/2C48H36N4O4.2Mn.O/c2*1-53-33-13-5-29(6-14-33)45-37-21-23-39(49-37)46(30-7-15-34(54-2)16-8-30)41-25-27-43(51-41)48(32-11-19-36(56-4)20-12-32)44-28-26-42(52-44)47(40-24-22-38(45)50-40)31-9-17-35(55-3)18-10-31;;;/h2*5-28H,1-4H3;;;/q2*-2;2*+3;-2. The van der Waals surface area contributed by atoms with E-state index in [2.05, 4.69) is 97.1 Å². The summed E-state index contributed by atoms with van der Waals surface area (Å²) in [5, 5.41) is 0. The van der Waals surface area contributed by atoms with Gasteiger partial charge in [0.25, 0.3) is 0 Å². The van der Waals surface area contributed by atoms with Crippen LogP contribution in [0.1, 0.15) is 45.6 Å². The van der Waals surface area contributed by atoms with Crippen LogP contribution in [0.4, 0.5) is 0 Å². The van der Waals surface area contributed by atoms with Crippen molar-refractivity contribution in [3.63, 3.8) is 0 Å². The molecule has 0 saturated heterocycles. The first-order chi connectivity index (χ1) is 55.1. The van der Waals surface area contributed by atoms with Gasteiger partial charge in [0, 0.05) is 0 Å². The maximum Gasteiger partial charge on any atom is 3.00 e. The first kappa shape index (κ1) is 78.1. The summed E-state index contributed by atoms with van der Waals surface area (Å²) in [6.07, 6.45) is 16.5. The SMILES string of the molecule is COc1ccc(-c2c3nc(c(-c4ccc(OC)cc4)c4ccc([n-]4)c(-c4ccc(OC)cc4)c4nc(c(-c5ccc(OC)cc5)c5ccc2[n-]5)C=C4)C=C3)cc1.COc1ccc(-c2c3nc(c(-c4ccc(OC)cc4)c4ccc([n-]4)c(-c4ccc(OC)cc4)c4nc(c(-c5ccc(OC)cc5)c5ccc2[n-]5)C=C4)C=C3)cc1.[Mn+3].[Mn+3].[O-2]. The molecule has 564 valence electrons. The van der Waals surface area contributed by atoms with Gasteiger partial charge in [0.2, 0.25) is 0 Å². The van der Waals surface area contributed by atoms with Gasteiger partial charge in [-0.25, -0.2) is 19.9 Å². The summed E-state index contributed by atoms with van der Waals surface area (Å²) in [5.41, 5.74) is 27.3. The predicted molar refractivity (Wildman–Crippen MR) is 450 cm³/mol. The van der Waals surface area contributed by atoms with Crippen LogP contribution in [-0.2, 0) is 39.6 Å². The van der Waals surface area contributed by atoms with Gasteiger partial charge in [-0.3, -0.25) is 0 Å². The number of benzene rings is 8. The largest absolute Gasteiger partial charge is 3.00 e. The first-order valence-electron chi connectivity index (χ1n) is 36.3. The summed E-state index contributed by atoms with van der Waals surface area (Å²) >= 11 is 0. The summed E-state index contributed by atoms with van der Waals surface area (Å²) < 4.78 is 44.2. The molecule has 0 spiro atoms. The van der Waals surface area contributed by atoms with Gasteiger partial charge in [-0.15, -0.1) is 44.1 Å². The van der Waals surface area contributed by atoms with Gasteiger partial charge in [-0.05, 0) is 235 Å². The smallest absolute Gasteiger partial charge is 2.00 e. The number of methoxy groups -OCH3 is 8. The number of ether oxygens (including phenoxy) is 8. The molecule has 115 heavy (non-hydrogen) atoms. The average molecular weight is 1590 g/mol. The van der Waals surface area contributed by atoms with Crippen LogP contribution < -0.4 is 57.8 Å². The Balaban J connectivity index is 0.000000185. The third kappa shape index (κ3) is 15.5. The molecule has 14 aromatic rings. The molecule has 0 N–H and O–H groups in total. The fourth-order valence-electron chi connectivity index (χ4n) is 14.6. The van der Waals surface area contributed by atoms with Crippen LogP contribution in [-0.4, -0.2) is 76.8 Å². The topological polar surface area (TPSA) is 210 Å². The third-order valence-electron chi connectivity index (χ3n) is 20.2. The quantitative estimate of drug-likeness (QED) is 0.0823. The van der Waals surface area contributed by atoms with Crippen molar-refractivity contribution in [1.29, 1.82) is 0 Å². The molecule has 0 fully saturated rings. The first-order valence-corrected chi connectivity index (χ1v) is 36.3. The van der Waals surface area contributed by atoms with Crippen LogP contribution in [0.3, 0.4) is 0 Å². The summed E-state index contributed by atoms with van der Waals surface area (Å²) in [6, 6.07) is 80.5. The molecule has 0 amide bonds. The van der Waals surface area contributed by atoms with Crippen LogP contribution in [0, 0.1) is 0 Å². The van der Waals surface area contributed by atoms with E-state index in [0.717, 1.165) is 225 Å². The third-order valence-corrected chi connectivity index (χ3v) is 20.2. The molecule has 6 aromatic heterocycles. The van der Waals surface area contributed by atoms with E-state index >= 15 is 0 Å². The van der Waals surface area contributed by atoms with Crippen molar-refractivity contribution < 1.29 is 77.5 Å². The summed E-state index contributed by atoms with van der Waals surface area (Å²) in [7, 11) is 13.3.